The van der Waals surface area contributed by atoms with Gasteiger partial charge in [-0.05, 0) is 24.7 Å². The molecule has 120 valence electrons. The normalized spacial score (nSPS) is 12.7. The highest BCUT2D eigenvalue weighted by Crippen LogP contribution is 2.15. The number of rotatable bonds is 13. The highest BCUT2D eigenvalue weighted by Gasteiger charge is 2.10. The summed E-state index contributed by atoms with van der Waals surface area (Å²) in [6.07, 6.45) is 11.4. The Balaban J connectivity index is 3.58. The van der Waals surface area contributed by atoms with Gasteiger partial charge in [0.1, 0.15) is 0 Å². The molecule has 0 saturated carbocycles. The van der Waals surface area contributed by atoms with Crippen LogP contribution in [-0.2, 0) is 9.53 Å². The third-order valence-electron chi connectivity index (χ3n) is 3.94. The van der Waals surface area contributed by atoms with Gasteiger partial charge in [0.15, 0.2) is 0 Å². The van der Waals surface area contributed by atoms with Gasteiger partial charge in [0.25, 0.3) is 0 Å². The molecule has 0 saturated heterocycles. The van der Waals surface area contributed by atoms with Crippen LogP contribution in [0.3, 0.4) is 0 Å². The number of ether oxygens (including phenoxy) is 1. The summed E-state index contributed by atoms with van der Waals surface area (Å²) >= 11 is 0. The molecule has 0 aromatic carbocycles. The van der Waals surface area contributed by atoms with E-state index in [9.17, 15) is 4.79 Å². The molecule has 0 aromatic heterocycles. The summed E-state index contributed by atoms with van der Waals surface area (Å²) in [6, 6.07) is 0. The van der Waals surface area contributed by atoms with Gasteiger partial charge in [0.2, 0.25) is 0 Å². The lowest BCUT2D eigenvalue weighted by Crippen LogP contribution is -2.13. The summed E-state index contributed by atoms with van der Waals surface area (Å²) in [5.41, 5.74) is 0. The molecule has 0 aliphatic carbocycles. The zero-order valence-electron chi connectivity index (χ0n) is 14.2. The Morgan fingerprint density at radius 1 is 0.950 bits per heavy atom. The molecule has 0 heterocycles. The SMILES string of the molecule is CCCCCCC(CC)COC(=O)CCCCC(C)C. The highest BCUT2D eigenvalue weighted by molar-refractivity contribution is 5.69. The second kappa shape index (κ2) is 13.5. The van der Waals surface area contributed by atoms with Crippen LogP contribution in [0.1, 0.15) is 91.9 Å². The molecule has 2 heteroatoms. The fourth-order valence-electron chi connectivity index (χ4n) is 2.37. The first-order chi connectivity index (χ1) is 9.60. The standard InChI is InChI=1S/C18H36O2/c1-5-7-8-9-13-17(6-2)15-20-18(19)14-11-10-12-16(3)4/h16-17H,5-15H2,1-4H3. The van der Waals surface area contributed by atoms with E-state index in [1.54, 1.807) is 0 Å². The summed E-state index contributed by atoms with van der Waals surface area (Å²) in [5.74, 6) is 1.30. The van der Waals surface area contributed by atoms with Crippen molar-refractivity contribution in [2.24, 2.45) is 11.8 Å². The monoisotopic (exact) mass is 284 g/mol. The molecular formula is C18H36O2. The van der Waals surface area contributed by atoms with Crippen molar-refractivity contribution in [2.45, 2.75) is 91.9 Å². The Labute approximate surface area is 126 Å². The van der Waals surface area contributed by atoms with Crippen LogP contribution < -0.4 is 0 Å². The van der Waals surface area contributed by atoms with Crippen molar-refractivity contribution in [2.75, 3.05) is 6.61 Å². The molecule has 2 nitrogen and oxygen atoms in total. The minimum absolute atomic E-state index is 0.000708. The molecule has 0 amide bonds. The fourth-order valence-corrected chi connectivity index (χ4v) is 2.37. The Bertz CT molecular complexity index is 223. The molecule has 0 radical (unpaired) electrons. The molecule has 0 bridgehead atoms. The Morgan fingerprint density at radius 2 is 1.65 bits per heavy atom. The van der Waals surface area contributed by atoms with E-state index in [2.05, 4.69) is 27.7 Å². The van der Waals surface area contributed by atoms with Crippen LogP contribution in [0.4, 0.5) is 0 Å². The molecule has 0 N–H and O–H groups in total. The van der Waals surface area contributed by atoms with E-state index in [4.69, 9.17) is 4.74 Å². The van der Waals surface area contributed by atoms with Crippen molar-refractivity contribution in [3.63, 3.8) is 0 Å². The van der Waals surface area contributed by atoms with Gasteiger partial charge < -0.3 is 4.74 Å². The molecular weight excluding hydrogens is 248 g/mol. The number of carbonyl (C=O) groups is 1. The van der Waals surface area contributed by atoms with E-state index in [0.717, 1.165) is 25.2 Å². The van der Waals surface area contributed by atoms with Crippen molar-refractivity contribution in [3.05, 3.63) is 0 Å². The van der Waals surface area contributed by atoms with Crippen LogP contribution in [-0.4, -0.2) is 12.6 Å². The van der Waals surface area contributed by atoms with Crippen LogP contribution in [0.15, 0.2) is 0 Å². The van der Waals surface area contributed by atoms with E-state index in [0.29, 0.717) is 18.9 Å². The number of esters is 1. The smallest absolute Gasteiger partial charge is 0.305 e. The first-order valence-corrected chi connectivity index (χ1v) is 8.75. The van der Waals surface area contributed by atoms with Gasteiger partial charge in [-0.15, -0.1) is 0 Å². The molecule has 0 aromatic rings. The lowest BCUT2D eigenvalue weighted by molar-refractivity contribution is -0.145. The lowest BCUT2D eigenvalue weighted by Gasteiger charge is -2.15. The molecule has 0 fully saturated rings. The molecule has 0 rings (SSSR count). The molecule has 0 aliphatic heterocycles. The third-order valence-corrected chi connectivity index (χ3v) is 3.94. The average Bonchev–Trinajstić information content (AvgIpc) is 2.42. The van der Waals surface area contributed by atoms with Crippen LogP contribution in [0.5, 0.6) is 0 Å². The van der Waals surface area contributed by atoms with E-state index in [1.165, 1.54) is 38.5 Å². The summed E-state index contributed by atoms with van der Waals surface area (Å²) in [6.45, 7) is 9.51. The van der Waals surface area contributed by atoms with E-state index < -0.39 is 0 Å². The number of hydrogen-bond acceptors (Lipinski definition) is 2. The van der Waals surface area contributed by atoms with Crippen LogP contribution in [0.2, 0.25) is 0 Å². The quantitative estimate of drug-likeness (QED) is 0.318. The van der Waals surface area contributed by atoms with Crippen LogP contribution >= 0.6 is 0 Å². The minimum Gasteiger partial charge on any atom is -0.465 e. The van der Waals surface area contributed by atoms with Gasteiger partial charge in [0.05, 0.1) is 6.61 Å². The van der Waals surface area contributed by atoms with Crippen molar-refractivity contribution in [1.82, 2.24) is 0 Å². The van der Waals surface area contributed by atoms with Crippen LogP contribution in [0.25, 0.3) is 0 Å². The van der Waals surface area contributed by atoms with Crippen molar-refractivity contribution in [1.29, 1.82) is 0 Å². The predicted octanol–water partition coefficient (Wildman–Crippen LogP) is 5.74. The summed E-state index contributed by atoms with van der Waals surface area (Å²) in [5, 5.41) is 0. The second-order valence-electron chi connectivity index (χ2n) is 6.45. The molecule has 0 spiro atoms. The zero-order valence-corrected chi connectivity index (χ0v) is 14.2. The molecule has 20 heavy (non-hydrogen) atoms. The van der Waals surface area contributed by atoms with Gasteiger partial charge in [-0.2, -0.15) is 0 Å². The topological polar surface area (TPSA) is 26.3 Å². The van der Waals surface area contributed by atoms with Gasteiger partial charge in [0, 0.05) is 6.42 Å². The van der Waals surface area contributed by atoms with E-state index >= 15 is 0 Å². The first-order valence-electron chi connectivity index (χ1n) is 8.75. The summed E-state index contributed by atoms with van der Waals surface area (Å²) in [7, 11) is 0. The molecule has 0 aliphatic rings. The average molecular weight is 284 g/mol. The Morgan fingerprint density at radius 3 is 2.25 bits per heavy atom. The Hall–Kier alpha value is -0.530. The molecule has 1 unspecified atom stereocenters. The lowest BCUT2D eigenvalue weighted by atomic mass is 9.99. The largest absolute Gasteiger partial charge is 0.465 e. The van der Waals surface area contributed by atoms with Crippen molar-refractivity contribution in [3.8, 4) is 0 Å². The van der Waals surface area contributed by atoms with Gasteiger partial charge in [-0.1, -0.05) is 72.6 Å². The highest BCUT2D eigenvalue weighted by atomic mass is 16.5. The number of unbranched alkanes of at least 4 members (excludes halogenated alkanes) is 4. The van der Waals surface area contributed by atoms with Crippen molar-refractivity contribution < 1.29 is 9.53 Å². The third kappa shape index (κ3) is 12.5. The van der Waals surface area contributed by atoms with Gasteiger partial charge in [-0.3, -0.25) is 4.79 Å². The van der Waals surface area contributed by atoms with Gasteiger partial charge >= 0.3 is 5.97 Å². The fraction of sp³-hybridized carbons (Fsp3) is 0.944. The summed E-state index contributed by atoms with van der Waals surface area (Å²) in [4.78, 5) is 11.7. The Kier molecular flexibility index (Phi) is 13.1. The molecule has 1 atom stereocenters. The number of hydrogen-bond donors (Lipinski definition) is 0. The maximum Gasteiger partial charge on any atom is 0.305 e. The van der Waals surface area contributed by atoms with Crippen LogP contribution in [0, 0.1) is 11.8 Å². The number of carbonyl (C=O) groups excluding carboxylic acids is 1. The maximum atomic E-state index is 11.7. The summed E-state index contributed by atoms with van der Waals surface area (Å²) < 4.78 is 5.42. The minimum atomic E-state index is 0.000708. The predicted molar refractivity (Wildman–Crippen MR) is 86.8 cm³/mol. The zero-order chi connectivity index (χ0) is 15.2. The van der Waals surface area contributed by atoms with E-state index in [-0.39, 0.29) is 5.97 Å². The first kappa shape index (κ1) is 19.5. The van der Waals surface area contributed by atoms with Crippen molar-refractivity contribution >= 4 is 5.97 Å². The van der Waals surface area contributed by atoms with E-state index in [1.807, 2.05) is 0 Å². The second-order valence-corrected chi connectivity index (χ2v) is 6.45. The maximum absolute atomic E-state index is 11.7. The van der Waals surface area contributed by atoms with Gasteiger partial charge in [-0.25, -0.2) is 0 Å².